The Labute approximate surface area is 123 Å². The van der Waals surface area contributed by atoms with Gasteiger partial charge in [-0.1, -0.05) is 0 Å². The molecule has 2 atom stereocenters. The molecule has 2 unspecified atom stereocenters. The third-order valence-electron chi connectivity index (χ3n) is 4.40. The molecule has 2 aliphatic rings. The molecule has 0 bridgehead atoms. The molecule has 2 saturated heterocycles. The Bertz CT molecular complexity index is 315. The number of likely N-dealkylation sites (tertiary alicyclic amines) is 1. The van der Waals surface area contributed by atoms with E-state index in [0.717, 1.165) is 38.2 Å². The monoisotopic (exact) mass is 282 g/mol. The summed E-state index contributed by atoms with van der Waals surface area (Å²) >= 11 is 0. The summed E-state index contributed by atoms with van der Waals surface area (Å²) in [6, 6.07) is 0. The Morgan fingerprint density at radius 1 is 1.40 bits per heavy atom. The van der Waals surface area contributed by atoms with Gasteiger partial charge in [0.05, 0.1) is 6.61 Å². The highest BCUT2D eigenvalue weighted by atomic mass is 16.5. The lowest BCUT2D eigenvalue weighted by molar-refractivity contribution is 0.181. The summed E-state index contributed by atoms with van der Waals surface area (Å²) < 4.78 is 5.45. The van der Waals surface area contributed by atoms with Gasteiger partial charge in [0.2, 0.25) is 0 Å². The van der Waals surface area contributed by atoms with Crippen LogP contribution in [0.2, 0.25) is 0 Å². The first-order valence-corrected chi connectivity index (χ1v) is 7.87. The maximum Gasteiger partial charge on any atom is 0.193 e. The molecule has 0 spiro atoms. The van der Waals surface area contributed by atoms with Crippen molar-refractivity contribution in [2.24, 2.45) is 16.8 Å². The van der Waals surface area contributed by atoms with Gasteiger partial charge in [-0.25, -0.2) is 0 Å². The van der Waals surface area contributed by atoms with Crippen molar-refractivity contribution < 1.29 is 4.74 Å². The topological polar surface area (TPSA) is 40.1 Å². The van der Waals surface area contributed by atoms with Crippen molar-refractivity contribution in [3.63, 3.8) is 0 Å². The van der Waals surface area contributed by atoms with Crippen LogP contribution in [-0.4, -0.2) is 76.3 Å². The van der Waals surface area contributed by atoms with E-state index >= 15 is 0 Å². The SMILES string of the molecule is CN=C(NCC1CCCN(C)C1)N(C)CC1CCOC1. The average molecular weight is 282 g/mol. The lowest BCUT2D eigenvalue weighted by Gasteiger charge is -2.31. The number of ether oxygens (including phenoxy) is 1. The van der Waals surface area contributed by atoms with E-state index in [4.69, 9.17) is 4.74 Å². The zero-order valence-corrected chi connectivity index (χ0v) is 13.3. The van der Waals surface area contributed by atoms with Crippen molar-refractivity contribution in [1.82, 2.24) is 15.1 Å². The zero-order valence-electron chi connectivity index (χ0n) is 13.3. The first-order chi connectivity index (χ1) is 9.69. The van der Waals surface area contributed by atoms with Gasteiger partial charge in [0.15, 0.2) is 5.96 Å². The molecule has 5 nitrogen and oxygen atoms in total. The molecular formula is C15H30N4O. The largest absolute Gasteiger partial charge is 0.381 e. The molecule has 20 heavy (non-hydrogen) atoms. The molecule has 0 aromatic carbocycles. The van der Waals surface area contributed by atoms with E-state index in [1.165, 1.54) is 32.4 Å². The van der Waals surface area contributed by atoms with Gasteiger partial charge in [-0.3, -0.25) is 4.99 Å². The van der Waals surface area contributed by atoms with E-state index in [9.17, 15) is 0 Å². The summed E-state index contributed by atoms with van der Waals surface area (Å²) in [5.74, 6) is 2.42. The molecule has 2 aliphatic heterocycles. The van der Waals surface area contributed by atoms with Gasteiger partial charge >= 0.3 is 0 Å². The van der Waals surface area contributed by atoms with Crippen LogP contribution in [0.4, 0.5) is 0 Å². The molecule has 0 aliphatic carbocycles. The number of piperidine rings is 1. The van der Waals surface area contributed by atoms with E-state index in [1.807, 2.05) is 7.05 Å². The van der Waals surface area contributed by atoms with Gasteiger partial charge in [0.25, 0.3) is 0 Å². The van der Waals surface area contributed by atoms with Gasteiger partial charge in [0, 0.05) is 46.3 Å². The minimum atomic E-state index is 0.652. The van der Waals surface area contributed by atoms with Crippen molar-refractivity contribution in [2.45, 2.75) is 19.3 Å². The van der Waals surface area contributed by atoms with Crippen LogP contribution < -0.4 is 5.32 Å². The van der Waals surface area contributed by atoms with E-state index in [0.29, 0.717) is 5.92 Å². The van der Waals surface area contributed by atoms with Crippen LogP contribution >= 0.6 is 0 Å². The van der Waals surface area contributed by atoms with Crippen LogP contribution in [0.5, 0.6) is 0 Å². The van der Waals surface area contributed by atoms with Gasteiger partial charge < -0.3 is 19.9 Å². The van der Waals surface area contributed by atoms with Gasteiger partial charge in [-0.15, -0.1) is 0 Å². The number of nitrogens with one attached hydrogen (secondary N) is 1. The number of hydrogen-bond donors (Lipinski definition) is 1. The van der Waals surface area contributed by atoms with Crippen LogP contribution in [0.15, 0.2) is 4.99 Å². The fourth-order valence-electron chi connectivity index (χ4n) is 3.26. The molecule has 2 heterocycles. The Morgan fingerprint density at radius 2 is 2.25 bits per heavy atom. The van der Waals surface area contributed by atoms with E-state index in [-0.39, 0.29) is 0 Å². The third kappa shape index (κ3) is 4.63. The summed E-state index contributed by atoms with van der Waals surface area (Å²) in [6.07, 6.45) is 3.82. The number of hydrogen-bond acceptors (Lipinski definition) is 3. The zero-order chi connectivity index (χ0) is 14.4. The summed E-state index contributed by atoms with van der Waals surface area (Å²) in [6.45, 7) is 6.32. The molecule has 0 radical (unpaired) electrons. The predicted octanol–water partition coefficient (Wildman–Crippen LogP) is 0.872. The minimum Gasteiger partial charge on any atom is -0.381 e. The second kappa shape index (κ2) is 7.84. The van der Waals surface area contributed by atoms with E-state index in [2.05, 4.69) is 34.2 Å². The predicted molar refractivity (Wildman–Crippen MR) is 83.1 cm³/mol. The maximum absolute atomic E-state index is 5.45. The van der Waals surface area contributed by atoms with Crippen LogP contribution in [0.3, 0.4) is 0 Å². The fourth-order valence-corrected chi connectivity index (χ4v) is 3.26. The van der Waals surface area contributed by atoms with Gasteiger partial charge in [0.1, 0.15) is 0 Å². The quantitative estimate of drug-likeness (QED) is 0.614. The molecule has 116 valence electrons. The molecule has 0 amide bonds. The Hall–Kier alpha value is -0.810. The third-order valence-corrected chi connectivity index (χ3v) is 4.40. The van der Waals surface area contributed by atoms with Gasteiger partial charge in [-0.2, -0.15) is 0 Å². The van der Waals surface area contributed by atoms with Crippen LogP contribution in [-0.2, 0) is 4.74 Å². The lowest BCUT2D eigenvalue weighted by Crippen LogP contribution is -2.45. The molecule has 0 aromatic heterocycles. The van der Waals surface area contributed by atoms with E-state index in [1.54, 1.807) is 0 Å². The van der Waals surface area contributed by atoms with Crippen molar-refractivity contribution >= 4 is 5.96 Å². The molecule has 0 saturated carbocycles. The Morgan fingerprint density at radius 3 is 2.90 bits per heavy atom. The summed E-state index contributed by atoms with van der Waals surface area (Å²) in [5.41, 5.74) is 0. The van der Waals surface area contributed by atoms with Crippen LogP contribution in [0.1, 0.15) is 19.3 Å². The number of rotatable bonds is 4. The summed E-state index contributed by atoms with van der Waals surface area (Å²) in [5, 5.41) is 3.54. The second-order valence-electron chi connectivity index (χ2n) is 6.31. The van der Waals surface area contributed by atoms with Gasteiger partial charge in [-0.05, 0) is 38.8 Å². The smallest absolute Gasteiger partial charge is 0.193 e. The first kappa shape index (κ1) is 15.6. The van der Waals surface area contributed by atoms with Crippen molar-refractivity contribution in [3.05, 3.63) is 0 Å². The van der Waals surface area contributed by atoms with Crippen LogP contribution in [0, 0.1) is 11.8 Å². The van der Waals surface area contributed by atoms with Crippen molar-refractivity contribution in [2.75, 3.05) is 60.5 Å². The highest BCUT2D eigenvalue weighted by Gasteiger charge is 2.21. The Kier molecular flexibility index (Phi) is 6.10. The fraction of sp³-hybridized carbons (Fsp3) is 0.933. The molecular weight excluding hydrogens is 252 g/mol. The molecule has 1 N–H and O–H groups in total. The van der Waals surface area contributed by atoms with Crippen LogP contribution in [0.25, 0.3) is 0 Å². The highest BCUT2D eigenvalue weighted by molar-refractivity contribution is 5.79. The Balaban J connectivity index is 1.73. The standard InChI is InChI=1S/C15H30N4O/c1-16-15(19(3)11-14-6-8-20-12-14)17-9-13-5-4-7-18(2)10-13/h13-14H,4-12H2,1-3H3,(H,16,17). The number of guanidine groups is 1. The maximum atomic E-state index is 5.45. The number of aliphatic imine (C=N–C) groups is 1. The van der Waals surface area contributed by atoms with Crippen molar-refractivity contribution in [3.8, 4) is 0 Å². The lowest BCUT2D eigenvalue weighted by atomic mass is 9.98. The first-order valence-electron chi connectivity index (χ1n) is 7.87. The van der Waals surface area contributed by atoms with E-state index < -0.39 is 0 Å². The number of nitrogens with zero attached hydrogens (tertiary/aromatic N) is 3. The summed E-state index contributed by atoms with van der Waals surface area (Å²) in [7, 11) is 6.21. The van der Waals surface area contributed by atoms with Crippen molar-refractivity contribution in [1.29, 1.82) is 0 Å². The second-order valence-corrected chi connectivity index (χ2v) is 6.31. The summed E-state index contributed by atoms with van der Waals surface area (Å²) in [4.78, 5) is 9.08. The highest BCUT2D eigenvalue weighted by Crippen LogP contribution is 2.15. The molecule has 0 aromatic rings. The average Bonchev–Trinajstić information content (AvgIpc) is 2.92. The molecule has 2 fully saturated rings. The minimum absolute atomic E-state index is 0.652. The normalized spacial score (nSPS) is 28.6. The molecule has 5 heteroatoms. The molecule has 2 rings (SSSR count).